The number of ether oxygens (including phenoxy) is 1. The van der Waals surface area contributed by atoms with E-state index < -0.39 is 23.7 Å². The largest absolute Gasteiger partial charge is 0.480 e. The van der Waals surface area contributed by atoms with Gasteiger partial charge in [-0.05, 0) is 26.3 Å². The van der Waals surface area contributed by atoms with E-state index in [2.05, 4.69) is 0 Å². The molecule has 1 N–H and O–H groups in total. The van der Waals surface area contributed by atoms with Crippen molar-refractivity contribution in [3.05, 3.63) is 35.9 Å². The summed E-state index contributed by atoms with van der Waals surface area (Å²) in [5.74, 6) is -1.44. The van der Waals surface area contributed by atoms with Gasteiger partial charge in [0.2, 0.25) is 5.91 Å². The fourth-order valence-electron chi connectivity index (χ4n) is 2.73. The van der Waals surface area contributed by atoms with Crippen molar-refractivity contribution in [1.29, 1.82) is 0 Å². The second-order valence-corrected chi connectivity index (χ2v) is 7.03. The van der Waals surface area contributed by atoms with Gasteiger partial charge in [0, 0.05) is 19.5 Å². The summed E-state index contributed by atoms with van der Waals surface area (Å²) in [6, 6.07) is 8.55. The molecule has 1 aliphatic rings. The number of carboxylic acids is 1. The summed E-state index contributed by atoms with van der Waals surface area (Å²) in [7, 11) is 0. The quantitative estimate of drug-likeness (QED) is 0.896. The van der Waals surface area contributed by atoms with Gasteiger partial charge in [0.05, 0.1) is 0 Å². The molecule has 0 bridgehead atoms. The fraction of sp³-hybridized carbons (Fsp3) is 0.500. The lowest BCUT2D eigenvalue weighted by molar-refractivity contribution is -0.149. The zero-order valence-corrected chi connectivity index (χ0v) is 14.8. The van der Waals surface area contributed by atoms with Crippen molar-refractivity contribution in [2.24, 2.45) is 0 Å². The number of amides is 2. The van der Waals surface area contributed by atoms with Crippen LogP contribution in [0.5, 0.6) is 0 Å². The second kappa shape index (κ2) is 7.55. The number of carbonyl (C=O) groups excluding carboxylic acids is 2. The van der Waals surface area contributed by atoms with Gasteiger partial charge in [-0.3, -0.25) is 14.5 Å². The molecule has 25 heavy (non-hydrogen) atoms. The molecule has 2 rings (SSSR count). The van der Waals surface area contributed by atoms with Crippen LogP contribution in [0.2, 0.25) is 0 Å². The summed E-state index contributed by atoms with van der Waals surface area (Å²) in [6.45, 7) is 5.34. The molecule has 1 unspecified atom stereocenters. The highest BCUT2D eigenvalue weighted by molar-refractivity contribution is 5.89. The first-order valence-corrected chi connectivity index (χ1v) is 8.21. The third-order valence-electron chi connectivity index (χ3n) is 3.81. The number of piperazine rings is 1. The molecule has 0 aliphatic carbocycles. The highest BCUT2D eigenvalue weighted by Gasteiger charge is 2.39. The van der Waals surface area contributed by atoms with Gasteiger partial charge < -0.3 is 14.7 Å². The van der Waals surface area contributed by atoms with Gasteiger partial charge in [-0.2, -0.15) is 0 Å². The number of carboxylic acid groups (broad SMARTS) is 1. The van der Waals surface area contributed by atoms with Crippen molar-refractivity contribution in [1.82, 2.24) is 9.80 Å². The third-order valence-corrected chi connectivity index (χ3v) is 3.81. The van der Waals surface area contributed by atoms with Crippen molar-refractivity contribution >= 4 is 18.0 Å². The molecule has 0 spiro atoms. The van der Waals surface area contributed by atoms with E-state index in [1.54, 1.807) is 20.8 Å². The number of hydrogen-bond donors (Lipinski definition) is 1. The number of carbonyl (C=O) groups is 3. The Bertz CT molecular complexity index is 639. The standard InChI is InChI=1S/C18H24N2O5/c1-18(2,3)25-17(24)20-10-9-19(12-15(21)22)16(23)14(20)11-13-7-5-4-6-8-13/h4-8,14H,9-12H2,1-3H3,(H,21,22). The SMILES string of the molecule is CC(C)(C)OC(=O)N1CCN(CC(=O)O)C(=O)C1Cc1ccccc1. The molecule has 0 radical (unpaired) electrons. The van der Waals surface area contributed by atoms with Crippen LogP contribution in [0.4, 0.5) is 4.79 Å². The van der Waals surface area contributed by atoms with Crippen LogP contribution in [0.15, 0.2) is 30.3 Å². The molecule has 136 valence electrons. The summed E-state index contributed by atoms with van der Waals surface area (Å²) in [5.41, 5.74) is 0.224. The summed E-state index contributed by atoms with van der Waals surface area (Å²) in [4.78, 5) is 38.9. The lowest BCUT2D eigenvalue weighted by Crippen LogP contribution is -2.60. The maximum Gasteiger partial charge on any atom is 0.411 e. The van der Waals surface area contributed by atoms with Gasteiger partial charge in [0.15, 0.2) is 0 Å². The molecule has 1 saturated heterocycles. The van der Waals surface area contributed by atoms with Gasteiger partial charge in [0.1, 0.15) is 18.2 Å². The van der Waals surface area contributed by atoms with E-state index >= 15 is 0 Å². The molecule has 1 heterocycles. The van der Waals surface area contributed by atoms with Gasteiger partial charge in [0.25, 0.3) is 0 Å². The molecule has 0 aromatic heterocycles. The van der Waals surface area contributed by atoms with E-state index in [1.807, 2.05) is 30.3 Å². The maximum absolute atomic E-state index is 12.8. The van der Waals surface area contributed by atoms with E-state index in [0.717, 1.165) is 5.56 Å². The van der Waals surface area contributed by atoms with Crippen LogP contribution in [0.3, 0.4) is 0 Å². The Morgan fingerprint density at radius 2 is 1.84 bits per heavy atom. The van der Waals surface area contributed by atoms with E-state index in [-0.39, 0.29) is 25.5 Å². The van der Waals surface area contributed by atoms with Crippen LogP contribution in [-0.2, 0) is 20.7 Å². The summed E-state index contributed by atoms with van der Waals surface area (Å²) >= 11 is 0. The molecule has 1 aliphatic heterocycles. The second-order valence-electron chi connectivity index (χ2n) is 7.03. The third kappa shape index (κ3) is 5.20. The van der Waals surface area contributed by atoms with Crippen LogP contribution in [0.1, 0.15) is 26.3 Å². The molecule has 7 nitrogen and oxygen atoms in total. The minimum atomic E-state index is -1.07. The van der Waals surface area contributed by atoms with Crippen molar-refractivity contribution in [2.75, 3.05) is 19.6 Å². The Kier molecular flexibility index (Phi) is 5.66. The molecule has 1 atom stereocenters. The first kappa shape index (κ1) is 18.8. The Morgan fingerprint density at radius 1 is 1.20 bits per heavy atom. The maximum atomic E-state index is 12.8. The lowest BCUT2D eigenvalue weighted by Gasteiger charge is -2.40. The molecule has 1 aromatic carbocycles. The van der Waals surface area contributed by atoms with Crippen LogP contribution < -0.4 is 0 Å². The van der Waals surface area contributed by atoms with Crippen LogP contribution in [-0.4, -0.2) is 64.2 Å². The summed E-state index contributed by atoms with van der Waals surface area (Å²) < 4.78 is 5.41. The zero-order valence-electron chi connectivity index (χ0n) is 14.8. The van der Waals surface area contributed by atoms with Crippen LogP contribution in [0, 0.1) is 0 Å². The molecule has 1 fully saturated rings. The summed E-state index contributed by atoms with van der Waals surface area (Å²) in [6.07, 6.45) is -0.244. The van der Waals surface area contributed by atoms with Crippen molar-refractivity contribution in [2.45, 2.75) is 38.8 Å². The van der Waals surface area contributed by atoms with E-state index in [9.17, 15) is 14.4 Å². The number of hydrogen-bond acceptors (Lipinski definition) is 4. The Morgan fingerprint density at radius 3 is 2.40 bits per heavy atom. The number of aliphatic carboxylic acids is 1. The smallest absolute Gasteiger partial charge is 0.411 e. The van der Waals surface area contributed by atoms with E-state index in [1.165, 1.54) is 9.80 Å². The normalized spacial score (nSPS) is 18.2. The number of nitrogens with zero attached hydrogens (tertiary/aromatic N) is 2. The van der Waals surface area contributed by atoms with E-state index in [0.29, 0.717) is 6.42 Å². The highest BCUT2D eigenvalue weighted by Crippen LogP contribution is 2.20. The Hall–Kier alpha value is -2.57. The molecular formula is C18H24N2O5. The topological polar surface area (TPSA) is 87.2 Å². The fourth-order valence-corrected chi connectivity index (χ4v) is 2.73. The Labute approximate surface area is 147 Å². The first-order chi connectivity index (χ1) is 11.7. The average Bonchev–Trinajstić information content (AvgIpc) is 2.50. The first-order valence-electron chi connectivity index (χ1n) is 8.21. The number of rotatable bonds is 4. The van der Waals surface area contributed by atoms with Crippen molar-refractivity contribution in [3.63, 3.8) is 0 Å². The van der Waals surface area contributed by atoms with Gasteiger partial charge in [-0.15, -0.1) is 0 Å². The van der Waals surface area contributed by atoms with Crippen LogP contribution in [0.25, 0.3) is 0 Å². The van der Waals surface area contributed by atoms with Gasteiger partial charge in [-0.25, -0.2) is 4.79 Å². The monoisotopic (exact) mass is 348 g/mol. The van der Waals surface area contributed by atoms with Crippen molar-refractivity contribution in [3.8, 4) is 0 Å². The molecule has 2 amide bonds. The minimum Gasteiger partial charge on any atom is -0.480 e. The minimum absolute atomic E-state index is 0.176. The molecular weight excluding hydrogens is 324 g/mol. The number of benzene rings is 1. The predicted octanol–water partition coefficient (Wildman–Crippen LogP) is 1.76. The van der Waals surface area contributed by atoms with Gasteiger partial charge >= 0.3 is 12.1 Å². The van der Waals surface area contributed by atoms with E-state index in [4.69, 9.17) is 9.84 Å². The van der Waals surface area contributed by atoms with Crippen molar-refractivity contribution < 1.29 is 24.2 Å². The average molecular weight is 348 g/mol. The van der Waals surface area contributed by atoms with Crippen LogP contribution >= 0.6 is 0 Å². The molecule has 7 heteroatoms. The summed E-state index contributed by atoms with van der Waals surface area (Å²) in [5, 5.41) is 8.99. The predicted molar refractivity (Wildman–Crippen MR) is 91.1 cm³/mol. The lowest BCUT2D eigenvalue weighted by atomic mass is 10.0. The van der Waals surface area contributed by atoms with Gasteiger partial charge in [-0.1, -0.05) is 30.3 Å². The molecule has 1 aromatic rings. The Balaban J connectivity index is 2.23. The highest BCUT2D eigenvalue weighted by atomic mass is 16.6. The molecule has 0 saturated carbocycles. The zero-order chi connectivity index (χ0) is 18.6.